The average molecular weight is 455 g/mol. The van der Waals surface area contributed by atoms with Crippen molar-refractivity contribution in [3.8, 4) is 11.5 Å². The van der Waals surface area contributed by atoms with E-state index in [1.807, 2.05) is 56.3 Å². The number of ether oxygens (including phenoxy) is 2. The molecule has 0 aliphatic heterocycles. The van der Waals surface area contributed by atoms with Gasteiger partial charge in [-0.3, -0.25) is 4.68 Å². The second kappa shape index (κ2) is 8.61. The first kappa shape index (κ1) is 21.2. The number of benzene rings is 3. The molecule has 5 nitrogen and oxygen atoms in total. The van der Waals surface area contributed by atoms with Gasteiger partial charge in [0.25, 0.3) is 0 Å². The minimum atomic E-state index is -0.497. The molecule has 0 fully saturated rings. The van der Waals surface area contributed by atoms with Gasteiger partial charge in [0.05, 0.1) is 19.2 Å². The first-order valence-corrected chi connectivity index (χ1v) is 10.4. The molecule has 0 saturated carbocycles. The number of carbonyl (C=O) groups is 1. The van der Waals surface area contributed by atoms with Gasteiger partial charge in [-0.05, 0) is 73.0 Å². The average Bonchev–Trinajstić information content (AvgIpc) is 3.10. The number of aromatic nitrogens is 2. The molecule has 0 aliphatic carbocycles. The van der Waals surface area contributed by atoms with Crippen LogP contribution in [-0.4, -0.2) is 22.9 Å². The Morgan fingerprint density at radius 1 is 0.968 bits per heavy atom. The van der Waals surface area contributed by atoms with Gasteiger partial charge in [-0.2, -0.15) is 5.10 Å². The first-order valence-electron chi connectivity index (χ1n) is 9.63. The highest BCUT2D eigenvalue weighted by Crippen LogP contribution is 2.30. The molecule has 4 rings (SSSR count). The van der Waals surface area contributed by atoms with Crippen LogP contribution in [0.25, 0.3) is 10.9 Å². The van der Waals surface area contributed by atoms with E-state index in [0.717, 1.165) is 38.7 Å². The standard InChI is InChI=1S/C24H20Cl2N2O3/c1-14-10-19(11-15(2)22(14)26)31-18-7-4-16(5-8-18)13-28-21-9-6-17(25)12-20(21)23(27-28)24(29)30-3/h4-12H,13H2,1-3H3. The van der Waals surface area contributed by atoms with Gasteiger partial charge in [0, 0.05) is 15.4 Å². The Morgan fingerprint density at radius 2 is 1.65 bits per heavy atom. The summed E-state index contributed by atoms with van der Waals surface area (Å²) in [7, 11) is 1.33. The fraction of sp³-hybridized carbons (Fsp3) is 0.167. The Labute approximate surface area is 190 Å². The lowest BCUT2D eigenvalue weighted by Crippen LogP contribution is -2.06. The monoisotopic (exact) mass is 454 g/mol. The van der Waals surface area contributed by atoms with E-state index in [0.29, 0.717) is 17.0 Å². The molecular formula is C24H20Cl2N2O3. The Kier molecular flexibility index (Phi) is 5.90. The molecular weight excluding hydrogens is 435 g/mol. The molecule has 0 unspecified atom stereocenters. The van der Waals surface area contributed by atoms with Crippen LogP contribution in [-0.2, 0) is 11.3 Å². The number of methoxy groups -OCH3 is 1. The number of nitrogens with zero attached hydrogens (tertiary/aromatic N) is 2. The molecule has 0 amide bonds. The summed E-state index contributed by atoms with van der Waals surface area (Å²) in [5.41, 5.74) is 4.00. The lowest BCUT2D eigenvalue weighted by molar-refractivity contribution is 0.0595. The number of halogens is 2. The fourth-order valence-corrected chi connectivity index (χ4v) is 3.74. The van der Waals surface area contributed by atoms with E-state index in [4.69, 9.17) is 32.7 Å². The van der Waals surface area contributed by atoms with Crippen LogP contribution in [0.3, 0.4) is 0 Å². The van der Waals surface area contributed by atoms with Gasteiger partial charge >= 0.3 is 5.97 Å². The van der Waals surface area contributed by atoms with Crippen LogP contribution < -0.4 is 4.74 Å². The third-order valence-electron chi connectivity index (χ3n) is 4.99. The molecule has 0 spiro atoms. The Bertz CT molecular complexity index is 1260. The number of carbonyl (C=O) groups excluding carboxylic acids is 1. The van der Waals surface area contributed by atoms with E-state index >= 15 is 0 Å². The highest BCUT2D eigenvalue weighted by Gasteiger charge is 2.18. The molecule has 3 aromatic carbocycles. The molecule has 1 aromatic heterocycles. The summed E-state index contributed by atoms with van der Waals surface area (Å²) in [4.78, 5) is 12.1. The van der Waals surface area contributed by atoms with Crippen molar-refractivity contribution in [1.29, 1.82) is 0 Å². The summed E-state index contributed by atoms with van der Waals surface area (Å²) in [5.74, 6) is 0.963. The largest absolute Gasteiger partial charge is 0.464 e. The van der Waals surface area contributed by atoms with Gasteiger partial charge in [-0.1, -0.05) is 35.3 Å². The molecule has 0 atom stereocenters. The van der Waals surface area contributed by atoms with Gasteiger partial charge < -0.3 is 9.47 Å². The predicted octanol–water partition coefficient (Wildman–Crippen LogP) is 6.59. The number of aryl methyl sites for hydroxylation is 2. The lowest BCUT2D eigenvalue weighted by Gasteiger charge is -2.10. The number of hydrogen-bond donors (Lipinski definition) is 0. The number of fused-ring (bicyclic) bond motifs is 1. The highest BCUT2D eigenvalue weighted by atomic mass is 35.5. The fourth-order valence-electron chi connectivity index (χ4n) is 3.46. The van der Waals surface area contributed by atoms with Crippen molar-refractivity contribution in [3.63, 3.8) is 0 Å². The minimum Gasteiger partial charge on any atom is -0.464 e. The summed E-state index contributed by atoms with van der Waals surface area (Å²) in [6.45, 7) is 4.39. The van der Waals surface area contributed by atoms with Crippen molar-refractivity contribution >= 4 is 40.1 Å². The molecule has 4 aromatic rings. The summed E-state index contributed by atoms with van der Waals surface area (Å²) in [6.07, 6.45) is 0. The van der Waals surface area contributed by atoms with Gasteiger partial charge in [-0.15, -0.1) is 0 Å². The summed E-state index contributed by atoms with van der Waals surface area (Å²) in [5, 5.41) is 6.40. The Hall–Kier alpha value is -3.02. The van der Waals surface area contributed by atoms with Crippen molar-refractivity contribution < 1.29 is 14.3 Å². The smallest absolute Gasteiger partial charge is 0.359 e. The zero-order chi connectivity index (χ0) is 22.1. The van der Waals surface area contributed by atoms with Crippen LogP contribution in [0.4, 0.5) is 0 Å². The van der Waals surface area contributed by atoms with Crippen LogP contribution in [0, 0.1) is 13.8 Å². The summed E-state index contributed by atoms with van der Waals surface area (Å²) < 4.78 is 12.6. The number of rotatable bonds is 5. The van der Waals surface area contributed by atoms with Crippen LogP contribution in [0.1, 0.15) is 27.2 Å². The van der Waals surface area contributed by atoms with E-state index in [1.165, 1.54) is 7.11 Å². The predicted molar refractivity (Wildman–Crippen MR) is 123 cm³/mol. The van der Waals surface area contributed by atoms with Crippen LogP contribution >= 0.6 is 23.2 Å². The number of esters is 1. The maximum atomic E-state index is 12.1. The van der Waals surface area contributed by atoms with E-state index in [2.05, 4.69) is 5.10 Å². The second-order valence-corrected chi connectivity index (χ2v) is 8.09. The topological polar surface area (TPSA) is 53.3 Å². The van der Waals surface area contributed by atoms with Gasteiger partial charge in [0.2, 0.25) is 0 Å². The molecule has 0 aliphatic rings. The summed E-state index contributed by atoms with van der Waals surface area (Å²) in [6, 6.07) is 16.9. The third kappa shape index (κ3) is 4.38. The zero-order valence-corrected chi connectivity index (χ0v) is 18.8. The summed E-state index contributed by atoms with van der Waals surface area (Å²) >= 11 is 12.3. The minimum absolute atomic E-state index is 0.244. The van der Waals surface area contributed by atoms with Crippen molar-refractivity contribution in [3.05, 3.63) is 87.0 Å². The van der Waals surface area contributed by atoms with E-state index < -0.39 is 5.97 Å². The first-order chi connectivity index (χ1) is 14.9. The van der Waals surface area contributed by atoms with Gasteiger partial charge in [0.1, 0.15) is 11.5 Å². The van der Waals surface area contributed by atoms with Crippen LogP contribution in [0.5, 0.6) is 11.5 Å². The SMILES string of the molecule is COC(=O)c1nn(Cc2ccc(Oc3cc(C)c(Cl)c(C)c3)cc2)c2ccc(Cl)cc12. The number of hydrogen-bond acceptors (Lipinski definition) is 4. The van der Waals surface area contributed by atoms with Crippen molar-refractivity contribution in [2.45, 2.75) is 20.4 Å². The Balaban J connectivity index is 1.58. The maximum Gasteiger partial charge on any atom is 0.359 e. The van der Waals surface area contributed by atoms with Crippen molar-refractivity contribution in [2.75, 3.05) is 7.11 Å². The van der Waals surface area contributed by atoms with Crippen molar-refractivity contribution in [2.24, 2.45) is 0 Å². The van der Waals surface area contributed by atoms with E-state index in [-0.39, 0.29) is 5.69 Å². The molecule has 1 heterocycles. The van der Waals surface area contributed by atoms with E-state index in [1.54, 1.807) is 16.8 Å². The molecule has 0 radical (unpaired) electrons. The highest BCUT2D eigenvalue weighted by molar-refractivity contribution is 6.32. The maximum absolute atomic E-state index is 12.1. The lowest BCUT2D eigenvalue weighted by atomic mass is 10.1. The zero-order valence-electron chi connectivity index (χ0n) is 17.3. The molecule has 7 heteroatoms. The van der Waals surface area contributed by atoms with Crippen LogP contribution in [0.2, 0.25) is 10.0 Å². The second-order valence-electron chi connectivity index (χ2n) is 7.28. The van der Waals surface area contributed by atoms with Gasteiger partial charge in [0.15, 0.2) is 5.69 Å². The Morgan fingerprint density at radius 3 is 2.29 bits per heavy atom. The van der Waals surface area contributed by atoms with Crippen LogP contribution in [0.15, 0.2) is 54.6 Å². The molecule has 0 saturated heterocycles. The van der Waals surface area contributed by atoms with Gasteiger partial charge in [-0.25, -0.2) is 4.79 Å². The molecule has 0 bridgehead atoms. The van der Waals surface area contributed by atoms with Crippen molar-refractivity contribution in [1.82, 2.24) is 9.78 Å². The quantitative estimate of drug-likeness (QED) is 0.319. The molecule has 31 heavy (non-hydrogen) atoms. The van der Waals surface area contributed by atoms with E-state index in [9.17, 15) is 4.79 Å². The normalized spacial score (nSPS) is 11.0. The molecule has 0 N–H and O–H groups in total. The molecule has 158 valence electrons. The third-order valence-corrected chi connectivity index (χ3v) is 5.82.